The largest absolute Gasteiger partial charge is 0.434 e. The molecule has 1 amide bonds. The van der Waals surface area contributed by atoms with Gasteiger partial charge in [-0.15, -0.1) is 4.80 Å². The molecule has 0 radical (unpaired) electrons. The lowest BCUT2D eigenvalue weighted by Gasteiger charge is -2.13. The number of hydrogen-bond donors (Lipinski definition) is 1. The number of alkyl halides is 3. The summed E-state index contributed by atoms with van der Waals surface area (Å²) in [6.45, 7) is 0. The third-order valence-corrected chi connectivity index (χ3v) is 4.86. The Hall–Kier alpha value is -5.19. The number of amides is 1. The maximum absolute atomic E-state index is 14.1. The molecule has 172 valence electrons. The predicted molar refractivity (Wildman–Crippen MR) is 113 cm³/mol. The molecule has 0 saturated heterocycles. The van der Waals surface area contributed by atoms with Crippen LogP contribution in [0.25, 0.3) is 22.5 Å². The van der Waals surface area contributed by atoms with Crippen LogP contribution < -0.4 is 5.32 Å². The Morgan fingerprint density at radius 2 is 1.77 bits per heavy atom. The molecule has 4 aromatic heterocycles. The standard InChI is InChI=1S/C21H11F3N10O/c22-21(23,24)17-15(10-31-33(17)19-14-3-1-2-4-16(14)27-11-28-19)20(35)32-13-7-12(8-25)18(26-9-13)34-29-5-6-30-34/h1-7,9-11H,(H,32,35). The minimum Gasteiger partial charge on any atom is -0.320 e. The summed E-state index contributed by atoms with van der Waals surface area (Å²) in [5.74, 6) is -1.14. The molecule has 0 aliphatic heterocycles. The van der Waals surface area contributed by atoms with Gasteiger partial charge in [0.15, 0.2) is 17.3 Å². The van der Waals surface area contributed by atoms with E-state index in [4.69, 9.17) is 0 Å². The molecule has 14 heteroatoms. The first-order valence-corrected chi connectivity index (χ1v) is 9.80. The van der Waals surface area contributed by atoms with Crippen molar-refractivity contribution in [3.05, 3.63) is 78.3 Å². The summed E-state index contributed by atoms with van der Waals surface area (Å²) in [6.07, 6.45) is 0.916. The fourth-order valence-electron chi connectivity index (χ4n) is 3.40. The molecule has 35 heavy (non-hydrogen) atoms. The van der Waals surface area contributed by atoms with E-state index in [0.717, 1.165) is 17.3 Å². The topological polar surface area (TPSA) is 140 Å². The molecule has 0 bridgehead atoms. The average molecular weight is 476 g/mol. The van der Waals surface area contributed by atoms with Crippen molar-refractivity contribution in [3.63, 3.8) is 0 Å². The number of aromatic nitrogens is 8. The Morgan fingerprint density at radius 3 is 2.51 bits per heavy atom. The van der Waals surface area contributed by atoms with Gasteiger partial charge in [0.05, 0.1) is 41.6 Å². The third kappa shape index (κ3) is 3.91. The second kappa shape index (κ2) is 8.30. The van der Waals surface area contributed by atoms with E-state index in [9.17, 15) is 23.2 Å². The molecular weight excluding hydrogens is 465 g/mol. The molecule has 0 spiro atoms. The lowest BCUT2D eigenvalue weighted by Crippen LogP contribution is -2.21. The van der Waals surface area contributed by atoms with Crippen LogP contribution in [0, 0.1) is 11.3 Å². The third-order valence-electron chi connectivity index (χ3n) is 4.86. The van der Waals surface area contributed by atoms with Crippen molar-refractivity contribution in [2.75, 3.05) is 5.32 Å². The predicted octanol–water partition coefficient (Wildman–Crippen LogP) is 2.93. The van der Waals surface area contributed by atoms with Gasteiger partial charge in [0, 0.05) is 5.39 Å². The summed E-state index contributed by atoms with van der Waals surface area (Å²) in [5, 5.41) is 23.6. The number of hydrogen-bond acceptors (Lipinski definition) is 8. The van der Waals surface area contributed by atoms with Gasteiger partial charge in [0.25, 0.3) is 5.91 Å². The highest BCUT2D eigenvalue weighted by Crippen LogP contribution is 2.34. The second-order valence-electron chi connectivity index (χ2n) is 7.01. The number of halogens is 3. The molecule has 0 unspecified atom stereocenters. The van der Waals surface area contributed by atoms with E-state index in [1.807, 2.05) is 6.07 Å². The van der Waals surface area contributed by atoms with Gasteiger partial charge in [0.1, 0.15) is 18.0 Å². The quantitative estimate of drug-likeness (QED) is 0.418. The van der Waals surface area contributed by atoms with Gasteiger partial charge in [-0.05, 0) is 18.2 Å². The Kier molecular flexibility index (Phi) is 5.13. The summed E-state index contributed by atoms with van der Waals surface area (Å²) >= 11 is 0. The Morgan fingerprint density at radius 1 is 1.00 bits per heavy atom. The van der Waals surface area contributed by atoms with Gasteiger partial charge in [-0.3, -0.25) is 4.79 Å². The second-order valence-corrected chi connectivity index (χ2v) is 7.01. The monoisotopic (exact) mass is 476 g/mol. The smallest absolute Gasteiger partial charge is 0.320 e. The van der Waals surface area contributed by atoms with Gasteiger partial charge >= 0.3 is 6.18 Å². The molecule has 0 aliphatic carbocycles. The normalized spacial score (nSPS) is 11.4. The molecule has 11 nitrogen and oxygen atoms in total. The van der Waals surface area contributed by atoms with E-state index >= 15 is 0 Å². The van der Waals surface area contributed by atoms with Crippen LogP contribution in [-0.4, -0.2) is 45.6 Å². The lowest BCUT2D eigenvalue weighted by atomic mass is 10.2. The van der Waals surface area contributed by atoms with Crippen molar-refractivity contribution in [1.29, 1.82) is 5.26 Å². The first-order valence-electron chi connectivity index (χ1n) is 9.80. The molecule has 1 aromatic carbocycles. The van der Waals surface area contributed by atoms with E-state index in [1.54, 1.807) is 24.3 Å². The SMILES string of the molecule is N#Cc1cc(NC(=O)c2cnn(-c3ncnc4ccccc34)c2C(F)(F)F)cnc1-n1nccn1. The van der Waals surface area contributed by atoms with Crippen molar-refractivity contribution < 1.29 is 18.0 Å². The number of anilines is 1. The number of nitrogens with zero attached hydrogens (tertiary/aromatic N) is 9. The molecule has 5 aromatic rings. The summed E-state index contributed by atoms with van der Waals surface area (Å²) in [7, 11) is 0. The van der Waals surface area contributed by atoms with Crippen LogP contribution in [-0.2, 0) is 6.18 Å². The number of carbonyl (C=O) groups is 1. The van der Waals surface area contributed by atoms with Crippen LogP contribution >= 0.6 is 0 Å². The Balaban J connectivity index is 1.54. The molecule has 0 aliphatic rings. The summed E-state index contributed by atoms with van der Waals surface area (Å²) in [4.78, 5) is 26.0. The van der Waals surface area contributed by atoms with Crippen LogP contribution in [0.3, 0.4) is 0 Å². The minimum atomic E-state index is -4.94. The van der Waals surface area contributed by atoms with Crippen molar-refractivity contribution in [3.8, 4) is 17.7 Å². The minimum absolute atomic E-state index is 0.00167. The highest BCUT2D eigenvalue weighted by atomic mass is 19.4. The van der Waals surface area contributed by atoms with Crippen LogP contribution in [0.5, 0.6) is 0 Å². The summed E-state index contributed by atoms with van der Waals surface area (Å²) < 4.78 is 42.9. The maximum Gasteiger partial charge on any atom is 0.434 e. The first-order chi connectivity index (χ1) is 16.9. The zero-order chi connectivity index (χ0) is 24.6. The van der Waals surface area contributed by atoms with Crippen LogP contribution in [0.15, 0.2) is 61.4 Å². The van der Waals surface area contributed by atoms with E-state index in [0.29, 0.717) is 15.6 Å². The van der Waals surface area contributed by atoms with E-state index in [1.165, 1.54) is 24.7 Å². The number of carbonyl (C=O) groups excluding carboxylic acids is 1. The van der Waals surface area contributed by atoms with E-state index < -0.39 is 23.3 Å². The fraction of sp³-hybridized carbons (Fsp3) is 0.0476. The molecular formula is C21H11F3N10O. The molecule has 1 N–H and O–H groups in total. The highest BCUT2D eigenvalue weighted by Gasteiger charge is 2.41. The number of nitriles is 1. The molecule has 5 rings (SSSR count). The number of rotatable bonds is 4. The van der Waals surface area contributed by atoms with Gasteiger partial charge in [-0.1, -0.05) is 12.1 Å². The van der Waals surface area contributed by atoms with Crippen molar-refractivity contribution in [2.24, 2.45) is 0 Å². The number of pyridine rings is 1. The molecule has 0 saturated carbocycles. The average Bonchev–Trinajstić information content (AvgIpc) is 3.54. The molecule has 0 fully saturated rings. The maximum atomic E-state index is 14.1. The van der Waals surface area contributed by atoms with Crippen molar-refractivity contribution in [1.82, 2.24) is 39.7 Å². The number of nitrogens with one attached hydrogen (secondary N) is 1. The van der Waals surface area contributed by atoms with Crippen molar-refractivity contribution >= 4 is 22.5 Å². The molecule has 4 heterocycles. The van der Waals surface area contributed by atoms with Gasteiger partial charge < -0.3 is 5.32 Å². The van der Waals surface area contributed by atoms with E-state index in [2.05, 4.69) is 35.6 Å². The summed E-state index contributed by atoms with van der Waals surface area (Å²) in [6, 6.07) is 9.62. The number of fused-ring (bicyclic) bond motifs is 1. The first kappa shape index (κ1) is 21.6. The van der Waals surface area contributed by atoms with Gasteiger partial charge in [-0.25, -0.2) is 19.6 Å². The van der Waals surface area contributed by atoms with E-state index in [-0.39, 0.29) is 22.9 Å². The number of benzene rings is 1. The number of para-hydroxylation sites is 1. The van der Waals surface area contributed by atoms with Crippen molar-refractivity contribution in [2.45, 2.75) is 6.18 Å². The van der Waals surface area contributed by atoms with Gasteiger partial charge in [-0.2, -0.15) is 33.7 Å². The van der Waals surface area contributed by atoms with Gasteiger partial charge in [0.2, 0.25) is 0 Å². The van der Waals surface area contributed by atoms with Crippen LogP contribution in [0.4, 0.5) is 18.9 Å². The zero-order valence-corrected chi connectivity index (χ0v) is 17.3. The van der Waals surface area contributed by atoms with Crippen LogP contribution in [0.2, 0.25) is 0 Å². The van der Waals surface area contributed by atoms with Crippen LogP contribution in [0.1, 0.15) is 21.6 Å². The molecule has 0 atom stereocenters. The lowest BCUT2D eigenvalue weighted by molar-refractivity contribution is -0.143. The Bertz CT molecular complexity index is 1600. The summed E-state index contributed by atoms with van der Waals surface area (Å²) in [5.41, 5.74) is -1.65. The zero-order valence-electron chi connectivity index (χ0n) is 17.3. The highest BCUT2D eigenvalue weighted by molar-refractivity contribution is 6.05. The fourth-order valence-corrected chi connectivity index (χ4v) is 3.40. The Labute approximate surface area is 193 Å².